The Bertz CT molecular complexity index is 539. The van der Waals surface area contributed by atoms with Crippen molar-refractivity contribution in [3.05, 3.63) is 35.2 Å². The first-order valence-corrected chi connectivity index (χ1v) is 5.68. The highest BCUT2D eigenvalue weighted by atomic mass is 35.5. The van der Waals surface area contributed by atoms with Crippen molar-refractivity contribution in [1.29, 1.82) is 0 Å². The molecule has 8 heteroatoms. The highest BCUT2D eigenvalue weighted by molar-refractivity contribution is 6.30. The van der Waals surface area contributed by atoms with Crippen LogP contribution >= 0.6 is 11.6 Å². The molecule has 19 heavy (non-hydrogen) atoms. The Morgan fingerprint density at radius 1 is 1.21 bits per heavy atom. The molecule has 0 saturated heterocycles. The third kappa shape index (κ3) is 4.22. The molecular weight excluding hydrogens is 283 g/mol. The molecule has 0 spiro atoms. The molecule has 2 aromatic rings. The molecule has 102 valence electrons. The van der Waals surface area contributed by atoms with E-state index in [1.807, 2.05) is 0 Å². The number of hydrogen-bond acceptors (Lipinski definition) is 4. The maximum atomic E-state index is 11.9. The second kappa shape index (κ2) is 5.58. The number of aromatic nitrogens is 2. The molecule has 2 rings (SSSR count). The molecule has 0 radical (unpaired) electrons. The number of halogens is 4. The average molecular weight is 292 g/mol. The molecule has 0 unspecified atom stereocenters. The Morgan fingerprint density at radius 2 is 1.89 bits per heavy atom. The van der Waals surface area contributed by atoms with Gasteiger partial charge in [-0.05, 0) is 24.3 Å². The molecule has 0 saturated carbocycles. The summed E-state index contributed by atoms with van der Waals surface area (Å²) in [6.07, 6.45) is -4.26. The summed E-state index contributed by atoms with van der Waals surface area (Å²) >= 11 is 5.73. The fourth-order valence-corrected chi connectivity index (χ4v) is 1.48. The van der Waals surface area contributed by atoms with Crippen LogP contribution in [0.1, 0.15) is 5.89 Å². The molecule has 0 aliphatic heterocycles. The van der Waals surface area contributed by atoms with Crippen LogP contribution in [0.2, 0.25) is 5.02 Å². The van der Waals surface area contributed by atoms with Crippen LogP contribution in [-0.4, -0.2) is 22.9 Å². The first-order valence-electron chi connectivity index (χ1n) is 5.30. The molecular formula is C11H9ClF3N3O. The topological polar surface area (TPSA) is 51.0 Å². The van der Waals surface area contributed by atoms with Crippen LogP contribution in [-0.2, 0) is 6.54 Å². The molecule has 0 fully saturated rings. The van der Waals surface area contributed by atoms with Gasteiger partial charge in [0.2, 0.25) is 11.7 Å². The van der Waals surface area contributed by atoms with E-state index in [0.717, 1.165) is 0 Å². The zero-order valence-electron chi connectivity index (χ0n) is 9.54. The summed E-state index contributed by atoms with van der Waals surface area (Å²) in [5, 5.41) is 6.42. The van der Waals surface area contributed by atoms with E-state index in [1.54, 1.807) is 24.3 Å². The Labute approximate surface area is 111 Å². The zero-order chi connectivity index (χ0) is 13.9. The summed E-state index contributed by atoms with van der Waals surface area (Å²) in [6.45, 7) is -1.24. The average Bonchev–Trinajstić information content (AvgIpc) is 2.77. The number of alkyl halides is 3. The van der Waals surface area contributed by atoms with E-state index in [-0.39, 0.29) is 12.4 Å². The predicted octanol–water partition coefficient (Wildman–Crippen LogP) is 3.04. The monoisotopic (exact) mass is 291 g/mol. The van der Waals surface area contributed by atoms with Gasteiger partial charge in [0.05, 0.1) is 13.1 Å². The van der Waals surface area contributed by atoms with Gasteiger partial charge in [-0.1, -0.05) is 16.8 Å². The maximum absolute atomic E-state index is 11.9. The highest BCUT2D eigenvalue weighted by Crippen LogP contribution is 2.18. The van der Waals surface area contributed by atoms with Crippen molar-refractivity contribution in [2.75, 3.05) is 6.54 Å². The van der Waals surface area contributed by atoms with Crippen molar-refractivity contribution in [1.82, 2.24) is 15.5 Å². The summed E-state index contributed by atoms with van der Waals surface area (Å²) in [4.78, 5) is 3.98. The van der Waals surface area contributed by atoms with E-state index in [4.69, 9.17) is 16.1 Å². The quantitative estimate of drug-likeness (QED) is 0.941. The number of benzene rings is 1. The molecule has 1 aromatic carbocycles. The van der Waals surface area contributed by atoms with E-state index in [9.17, 15) is 13.2 Å². The van der Waals surface area contributed by atoms with E-state index in [0.29, 0.717) is 16.4 Å². The van der Waals surface area contributed by atoms with Gasteiger partial charge in [-0.3, -0.25) is 0 Å². The minimum absolute atomic E-state index is 0.0919. The van der Waals surface area contributed by atoms with Crippen molar-refractivity contribution >= 4 is 11.6 Å². The van der Waals surface area contributed by atoms with Crippen LogP contribution in [0.5, 0.6) is 0 Å². The van der Waals surface area contributed by atoms with Gasteiger partial charge in [0, 0.05) is 10.6 Å². The second-order valence-corrected chi connectivity index (χ2v) is 4.17. The second-order valence-electron chi connectivity index (χ2n) is 3.74. The molecule has 0 amide bonds. The van der Waals surface area contributed by atoms with Crippen LogP contribution in [0, 0.1) is 0 Å². The van der Waals surface area contributed by atoms with Gasteiger partial charge in [-0.2, -0.15) is 18.2 Å². The zero-order valence-corrected chi connectivity index (χ0v) is 10.3. The van der Waals surface area contributed by atoms with Gasteiger partial charge in [0.25, 0.3) is 0 Å². The summed E-state index contributed by atoms with van der Waals surface area (Å²) in [5.74, 6) is 0.398. The third-order valence-electron chi connectivity index (χ3n) is 2.17. The van der Waals surface area contributed by atoms with Crippen molar-refractivity contribution in [2.45, 2.75) is 12.7 Å². The number of nitrogens with zero attached hydrogens (tertiary/aromatic N) is 2. The van der Waals surface area contributed by atoms with Gasteiger partial charge in [0.1, 0.15) is 0 Å². The minimum Gasteiger partial charge on any atom is -0.338 e. The van der Waals surface area contributed by atoms with Crippen LogP contribution in [0.15, 0.2) is 28.8 Å². The lowest BCUT2D eigenvalue weighted by atomic mass is 10.2. The lowest BCUT2D eigenvalue weighted by molar-refractivity contribution is -0.125. The summed E-state index contributed by atoms with van der Waals surface area (Å²) in [6, 6.07) is 6.71. The van der Waals surface area contributed by atoms with Crippen molar-refractivity contribution in [2.24, 2.45) is 0 Å². The van der Waals surface area contributed by atoms with E-state index < -0.39 is 12.7 Å². The lowest BCUT2D eigenvalue weighted by Gasteiger charge is -2.05. The SMILES string of the molecule is FC(F)(F)CNCc1nc(-c2ccc(Cl)cc2)no1. The molecule has 0 aliphatic rings. The minimum atomic E-state index is -4.26. The van der Waals surface area contributed by atoms with E-state index in [1.165, 1.54) is 0 Å². The van der Waals surface area contributed by atoms with Gasteiger partial charge in [0.15, 0.2) is 0 Å². The Kier molecular flexibility index (Phi) is 4.06. The predicted molar refractivity (Wildman–Crippen MR) is 62.5 cm³/mol. The summed E-state index contributed by atoms with van der Waals surface area (Å²) in [5.41, 5.74) is 0.676. The molecule has 0 aliphatic carbocycles. The first kappa shape index (κ1) is 13.8. The van der Waals surface area contributed by atoms with Crippen LogP contribution < -0.4 is 5.32 Å². The summed E-state index contributed by atoms with van der Waals surface area (Å²) in [7, 11) is 0. The molecule has 0 atom stereocenters. The highest BCUT2D eigenvalue weighted by Gasteiger charge is 2.26. The standard InChI is InChI=1S/C11H9ClF3N3O/c12-8-3-1-7(2-4-8)10-17-9(19-18-10)5-16-6-11(13,14)15/h1-4,16H,5-6H2. The molecule has 1 N–H and O–H groups in total. The third-order valence-corrected chi connectivity index (χ3v) is 2.42. The molecule has 4 nitrogen and oxygen atoms in total. The maximum Gasteiger partial charge on any atom is 0.401 e. The lowest BCUT2D eigenvalue weighted by Crippen LogP contribution is -2.28. The van der Waals surface area contributed by atoms with Gasteiger partial charge in [-0.15, -0.1) is 0 Å². The normalized spacial score (nSPS) is 11.8. The van der Waals surface area contributed by atoms with Gasteiger partial charge < -0.3 is 9.84 Å². The first-order chi connectivity index (χ1) is 8.94. The van der Waals surface area contributed by atoms with Crippen LogP contribution in [0.4, 0.5) is 13.2 Å². The van der Waals surface area contributed by atoms with Crippen LogP contribution in [0.25, 0.3) is 11.4 Å². The van der Waals surface area contributed by atoms with Crippen molar-refractivity contribution < 1.29 is 17.7 Å². The van der Waals surface area contributed by atoms with Crippen molar-refractivity contribution in [3.63, 3.8) is 0 Å². The van der Waals surface area contributed by atoms with Gasteiger partial charge >= 0.3 is 6.18 Å². The number of nitrogens with one attached hydrogen (secondary N) is 1. The van der Waals surface area contributed by atoms with Crippen LogP contribution in [0.3, 0.4) is 0 Å². The largest absolute Gasteiger partial charge is 0.401 e. The van der Waals surface area contributed by atoms with Crippen molar-refractivity contribution in [3.8, 4) is 11.4 Å². The molecule has 0 bridgehead atoms. The fourth-order valence-electron chi connectivity index (χ4n) is 1.35. The number of hydrogen-bond donors (Lipinski definition) is 1. The smallest absolute Gasteiger partial charge is 0.338 e. The van der Waals surface area contributed by atoms with E-state index >= 15 is 0 Å². The van der Waals surface area contributed by atoms with E-state index in [2.05, 4.69) is 15.5 Å². The Hall–Kier alpha value is -1.60. The fraction of sp³-hybridized carbons (Fsp3) is 0.273. The molecule has 1 heterocycles. The number of rotatable bonds is 4. The Balaban J connectivity index is 1.97. The van der Waals surface area contributed by atoms with Gasteiger partial charge in [-0.25, -0.2) is 0 Å². The molecule has 1 aromatic heterocycles. The summed E-state index contributed by atoms with van der Waals surface area (Å²) < 4.78 is 40.6. The Morgan fingerprint density at radius 3 is 2.53 bits per heavy atom.